The van der Waals surface area contributed by atoms with Crippen LogP contribution < -0.4 is 0 Å². The predicted molar refractivity (Wildman–Crippen MR) is 63.7 cm³/mol. The number of ketones is 1. The van der Waals surface area contributed by atoms with Gasteiger partial charge in [0.05, 0.1) is 12.7 Å². The fourth-order valence-electron chi connectivity index (χ4n) is 2.14. The summed E-state index contributed by atoms with van der Waals surface area (Å²) in [7, 11) is 0. The monoisotopic (exact) mass is 218 g/mol. The maximum atomic E-state index is 12.1. The van der Waals surface area contributed by atoms with Crippen molar-refractivity contribution in [3.63, 3.8) is 0 Å². The Labute approximate surface area is 96.6 Å². The van der Waals surface area contributed by atoms with E-state index < -0.39 is 0 Å². The normalized spacial score (nSPS) is 24.6. The number of rotatable bonds is 3. The van der Waals surface area contributed by atoms with Gasteiger partial charge in [-0.1, -0.05) is 31.2 Å². The summed E-state index contributed by atoms with van der Waals surface area (Å²) in [5.74, 6) is 0.287. The van der Waals surface area contributed by atoms with Gasteiger partial charge in [-0.2, -0.15) is 0 Å². The van der Waals surface area contributed by atoms with E-state index >= 15 is 0 Å². The lowest BCUT2D eigenvalue weighted by Crippen LogP contribution is -2.14. The summed E-state index contributed by atoms with van der Waals surface area (Å²) in [6, 6.07) is 7.94. The minimum Gasteiger partial charge on any atom is -0.378 e. The van der Waals surface area contributed by atoms with Gasteiger partial charge in [0.25, 0.3) is 0 Å². The molecule has 2 rings (SSSR count). The summed E-state index contributed by atoms with van der Waals surface area (Å²) in [4.78, 5) is 12.1. The minimum absolute atomic E-state index is 0.0578. The summed E-state index contributed by atoms with van der Waals surface area (Å²) in [6.45, 7) is 4.71. The molecule has 0 aliphatic carbocycles. The van der Waals surface area contributed by atoms with E-state index in [1.807, 2.05) is 31.2 Å². The molecule has 0 N–H and O–H groups in total. The van der Waals surface area contributed by atoms with Crippen molar-refractivity contribution in [3.05, 3.63) is 35.4 Å². The Morgan fingerprint density at radius 2 is 2.06 bits per heavy atom. The van der Waals surface area contributed by atoms with Gasteiger partial charge in [-0.25, -0.2) is 0 Å². The van der Waals surface area contributed by atoms with Gasteiger partial charge >= 0.3 is 0 Å². The Kier molecular flexibility index (Phi) is 3.39. The molecular formula is C14H18O2. The summed E-state index contributed by atoms with van der Waals surface area (Å²) in [5.41, 5.74) is 2.09. The molecule has 1 aromatic rings. The summed E-state index contributed by atoms with van der Waals surface area (Å²) < 4.78 is 5.43. The van der Waals surface area contributed by atoms with Crippen LogP contribution in [0.3, 0.4) is 0 Å². The van der Waals surface area contributed by atoms with E-state index in [0.29, 0.717) is 6.61 Å². The molecule has 0 amide bonds. The van der Waals surface area contributed by atoms with Gasteiger partial charge < -0.3 is 4.74 Å². The van der Waals surface area contributed by atoms with Gasteiger partial charge in [-0.05, 0) is 25.3 Å². The molecule has 0 saturated carbocycles. The van der Waals surface area contributed by atoms with Crippen LogP contribution in [-0.2, 0) is 11.2 Å². The van der Waals surface area contributed by atoms with Gasteiger partial charge in [-0.3, -0.25) is 4.79 Å². The van der Waals surface area contributed by atoms with E-state index in [4.69, 9.17) is 4.74 Å². The van der Waals surface area contributed by atoms with Crippen molar-refractivity contribution < 1.29 is 9.53 Å². The largest absolute Gasteiger partial charge is 0.378 e. The Morgan fingerprint density at radius 3 is 2.56 bits per heavy atom. The lowest BCUT2D eigenvalue weighted by molar-refractivity contribution is 0.0877. The lowest BCUT2D eigenvalue weighted by atomic mass is 9.95. The van der Waals surface area contributed by atoms with Crippen LogP contribution in [0.15, 0.2) is 24.3 Å². The molecule has 86 valence electrons. The topological polar surface area (TPSA) is 26.3 Å². The minimum atomic E-state index is 0.0578. The molecule has 1 aliphatic rings. The van der Waals surface area contributed by atoms with Gasteiger partial charge in [-0.15, -0.1) is 0 Å². The number of hydrogen-bond donors (Lipinski definition) is 0. The predicted octanol–water partition coefficient (Wildman–Crippen LogP) is 2.86. The first-order chi connectivity index (χ1) is 7.70. The van der Waals surface area contributed by atoms with Crippen LogP contribution in [0.4, 0.5) is 0 Å². The van der Waals surface area contributed by atoms with Crippen molar-refractivity contribution in [1.82, 2.24) is 0 Å². The van der Waals surface area contributed by atoms with Gasteiger partial charge in [0, 0.05) is 11.5 Å². The molecule has 2 unspecified atom stereocenters. The van der Waals surface area contributed by atoms with Gasteiger partial charge in [0.1, 0.15) is 0 Å². The van der Waals surface area contributed by atoms with Crippen molar-refractivity contribution in [2.45, 2.75) is 32.8 Å². The second-order valence-corrected chi connectivity index (χ2v) is 4.49. The highest BCUT2D eigenvalue weighted by molar-refractivity contribution is 5.98. The number of ether oxygens (including phenoxy) is 1. The molecule has 1 heterocycles. The highest BCUT2D eigenvalue weighted by atomic mass is 16.5. The summed E-state index contributed by atoms with van der Waals surface area (Å²) >= 11 is 0. The van der Waals surface area contributed by atoms with E-state index in [1.54, 1.807) is 0 Å². The third kappa shape index (κ3) is 2.33. The zero-order valence-electron chi connectivity index (χ0n) is 9.90. The number of aryl methyl sites for hydroxylation is 1. The molecule has 2 nitrogen and oxygen atoms in total. The SMILES string of the molecule is CCc1ccc(C(=O)C2COC(C)C2)cc1. The zero-order valence-corrected chi connectivity index (χ0v) is 9.90. The fourth-order valence-corrected chi connectivity index (χ4v) is 2.14. The maximum absolute atomic E-state index is 12.1. The van der Waals surface area contributed by atoms with E-state index in [-0.39, 0.29) is 17.8 Å². The molecule has 0 radical (unpaired) electrons. The Hall–Kier alpha value is -1.15. The van der Waals surface area contributed by atoms with Gasteiger partial charge in [0.2, 0.25) is 0 Å². The van der Waals surface area contributed by atoms with Crippen molar-refractivity contribution in [1.29, 1.82) is 0 Å². The molecule has 2 atom stereocenters. The van der Waals surface area contributed by atoms with Crippen LogP contribution in [0.1, 0.15) is 36.2 Å². The van der Waals surface area contributed by atoms with Crippen molar-refractivity contribution in [2.24, 2.45) is 5.92 Å². The van der Waals surface area contributed by atoms with Crippen LogP contribution in [0.5, 0.6) is 0 Å². The molecule has 1 aromatic carbocycles. The number of benzene rings is 1. The third-order valence-electron chi connectivity index (χ3n) is 3.22. The molecule has 1 fully saturated rings. The zero-order chi connectivity index (χ0) is 11.5. The Balaban J connectivity index is 2.08. The van der Waals surface area contributed by atoms with Crippen LogP contribution in [0.2, 0.25) is 0 Å². The smallest absolute Gasteiger partial charge is 0.168 e. The second kappa shape index (κ2) is 4.79. The van der Waals surface area contributed by atoms with E-state index in [9.17, 15) is 4.79 Å². The summed E-state index contributed by atoms with van der Waals surface area (Å²) in [6.07, 6.45) is 2.09. The second-order valence-electron chi connectivity index (χ2n) is 4.49. The highest BCUT2D eigenvalue weighted by Crippen LogP contribution is 2.23. The fraction of sp³-hybridized carbons (Fsp3) is 0.500. The first kappa shape index (κ1) is 11.3. The molecule has 1 aliphatic heterocycles. The van der Waals surface area contributed by atoms with Crippen LogP contribution >= 0.6 is 0 Å². The average molecular weight is 218 g/mol. The van der Waals surface area contributed by atoms with Crippen molar-refractivity contribution in [2.75, 3.05) is 6.61 Å². The van der Waals surface area contributed by atoms with Crippen LogP contribution in [-0.4, -0.2) is 18.5 Å². The van der Waals surface area contributed by atoms with Gasteiger partial charge in [0.15, 0.2) is 5.78 Å². The molecule has 0 spiro atoms. The van der Waals surface area contributed by atoms with Crippen molar-refractivity contribution >= 4 is 5.78 Å². The quantitative estimate of drug-likeness (QED) is 0.729. The Morgan fingerprint density at radius 1 is 1.38 bits per heavy atom. The molecule has 0 aromatic heterocycles. The highest BCUT2D eigenvalue weighted by Gasteiger charge is 2.28. The van der Waals surface area contributed by atoms with E-state index in [0.717, 1.165) is 18.4 Å². The maximum Gasteiger partial charge on any atom is 0.168 e. The first-order valence-corrected chi connectivity index (χ1v) is 5.95. The number of hydrogen-bond acceptors (Lipinski definition) is 2. The van der Waals surface area contributed by atoms with Crippen LogP contribution in [0.25, 0.3) is 0 Å². The number of carbonyl (C=O) groups is 1. The number of Topliss-reactive ketones (excluding diaryl/α,β-unsaturated/α-hetero) is 1. The number of carbonyl (C=O) groups excluding carboxylic acids is 1. The molecule has 1 saturated heterocycles. The first-order valence-electron chi connectivity index (χ1n) is 5.95. The standard InChI is InChI=1S/C14H18O2/c1-3-11-4-6-12(7-5-11)14(15)13-8-10(2)16-9-13/h4-7,10,13H,3,8-9H2,1-2H3. The van der Waals surface area contributed by atoms with Crippen LogP contribution in [0, 0.1) is 5.92 Å². The molecular weight excluding hydrogens is 200 g/mol. The van der Waals surface area contributed by atoms with E-state index in [2.05, 4.69) is 6.92 Å². The molecule has 0 bridgehead atoms. The van der Waals surface area contributed by atoms with E-state index in [1.165, 1.54) is 5.56 Å². The Bertz CT molecular complexity index is 367. The third-order valence-corrected chi connectivity index (χ3v) is 3.22. The average Bonchev–Trinajstić information content (AvgIpc) is 2.75. The molecule has 2 heteroatoms. The molecule has 16 heavy (non-hydrogen) atoms. The lowest BCUT2D eigenvalue weighted by Gasteiger charge is -2.07. The van der Waals surface area contributed by atoms with Crippen molar-refractivity contribution in [3.8, 4) is 0 Å². The summed E-state index contributed by atoms with van der Waals surface area (Å²) in [5, 5.41) is 0.